The minimum atomic E-state index is -0.179. The average Bonchev–Trinajstić information content (AvgIpc) is 2.37. The predicted octanol–water partition coefficient (Wildman–Crippen LogP) is 5.91. The van der Waals surface area contributed by atoms with Crippen LogP contribution in [0.1, 0.15) is 65.0 Å². The van der Waals surface area contributed by atoms with E-state index in [0.717, 1.165) is 17.5 Å². The van der Waals surface area contributed by atoms with Crippen LogP contribution in [-0.2, 0) is 10.3 Å². The van der Waals surface area contributed by atoms with E-state index in [0.29, 0.717) is 11.3 Å². The second kappa shape index (κ2) is 7.26. The second-order valence-corrected chi connectivity index (χ2v) is 8.06. The van der Waals surface area contributed by atoms with E-state index in [1.807, 2.05) is 0 Å². The van der Waals surface area contributed by atoms with Crippen molar-refractivity contribution in [3.05, 3.63) is 35.4 Å². The van der Waals surface area contributed by atoms with Crippen molar-refractivity contribution in [1.29, 1.82) is 0 Å². The van der Waals surface area contributed by atoms with Crippen molar-refractivity contribution in [3.8, 4) is 0 Å². The van der Waals surface area contributed by atoms with E-state index in [-0.39, 0.29) is 5.60 Å². The van der Waals surface area contributed by atoms with Gasteiger partial charge in [-0.3, -0.25) is 0 Å². The molecule has 114 valence electrons. The largest absolute Gasteiger partial charge is 0.370 e. The highest BCUT2D eigenvalue weighted by Crippen LogP contribution is 2.30. The van der Waals surface area contributed by atoms with Gasteiger partial charge in [-0.1, -0.05) is 81.5 Å². The Labute approximate surface area is 138 Å². The molecule has 0 fully saturated rings. The molecule has 1 nitrogen and oxygen atoms in total. The molecule has 0 saturated heterocycles. The van der Waals surface area contributed by atoms with E-state index in [1.54, 1.807) is 0 Å². The third-order valence-corrected chi connectivity index (χ3v) is 5.17. The Morgan fingerprint density at radius 3 is 2.00 bits per heavy atom. The second-order valence-electron chi connectivity index (χ2n) is 7.30. The normalized spacial score (nSPS) is 15.4. The van der Waals surface area contributed by atoms with Gasteiger partial charge in [0.1, 0.15) is 0 Å². The lowest BCUT2D eigenvalue weighted by Gasteiger charge is -2.30. The molecule has 1 aromatic rings. The summed E-state index contributed by atoms with van der Waals surface area (Å²) in [6.45, 7) is 14.2. The molecule has 0 radical (unpaired) electrons. The molecular weight excluding hydrogens is 359 g/mol. The quantitative estimate of drug-likeness (QED) is 0.435. The van der Waals surface area contributed by atoms with Crippen molar-refractivity contribution < 1.29 is 4.74 Å². The van der Waals surface area contributed by atoms with Crippen molar-refractivity contribution in [2.75, 3.05) is 11.0 Å². The van der Waals surface area contributed by atoms with E-state index in [4.69, 9.17) is 4.74 Å². The van der Waals surface area contributed by atoms with Crippen LogP contribution in [0, 0.1) is 5.41 Å². The van der Waals surface area contributed by atoms with Crippen LogP contribution >= 0.6 is 22.6 Å². The molecule has 0 N–H and O–H groups in total. The predicted molar refractivity (Wildman–Crippen MR) is 96.8 cm³/mol. The Hall–Kier alpha value is -0.0900. The molecule has 0 saturated carbocycles. The molecule has 1 rings (SSSR count). The zero-order valence-corrected chi connectivity index (χ0v) is 16.0. The van der Waals surface area contributed by atoms with Gasteiger partial charge in [0.05, 0.1) is 5.60 Å². The highest BCUT2D eigenvalue weighted by Gasteiger charge is 2.27. The molecule has 1 aromatic carbocycles. The van der Waals surface area contributed by atoms with Gasteiger partial charge in [0.25, 0.3) is 0 Å². The van der Waals surface area contributed by atoms with E-state index >= 15 is 0 Å². The fraction of sp³-hybridized carbons (Fsp3) is 0.667. The SMILES string of the molecule is CC(C)c1ccc(C(C)(CI)OCCC(C)(C)C)cc1. The third kappa shape index (κ3) is 5.36. The topological polar surface area (TPSA) is 9.23 Å². The Balaban J connectivity index is 2.77. The van der Waals surface area contributed by atoms with Crippen LogP contribution in [0.2, 0.25) is 0 Å². The molecule has 0 amide bonds. The summed E-state index contributed by atoms with van der Waals surface area (Å²) in [5.74, 6) is 0.580. The maximum atomic E-state index is 6.23. The van der Waals surface area contributed by atoms with Crippen LogP contribution in [0.25, 0.3) is 0 Å². The molecule has 0 heterocycles. The first kappa shape index (κ1) is 18.0. The van der Waals surface area contributed by atoms with Crippen molar-refractivity contribution in [2.45, 2.75) is 59.5 Å². The fourth-order valence-corrected chi connectivity index (χ4v) is 2.66. The molecule has 2 heteroatoms. The summed E-state index contributed by atoms with van der Waals surface area (Å²) in [6, 6.07) is 8.92. The maximum absolute atomic E-state index is 6.23. The first-order valence-electron chi connectivity index (χ1n) is 7.48. The van der Waals surface area contributed by atoms with Crippen molar-refractivity contribution in [3.63, 3.8) is 0 Å². The monoisotopic (exact) mass is 388 g/mol. The summed E-state index contributed by atoms with van der Waals surface area (Å²) in [6.07, 6.45) is 1.09. The minimum absolute atomic E-state index is 0.179. The minimum Gasteiger partial charge on any atom is -0.370 e. The van der Waals surface area contributed by atoms with E-state index in [9.17, 15) is 0 Å². The summed E-state index contributed by atoms with van der Waals surface area (Å²) in [7, 11) is 0. The number of hydrogen-bond donors (Lipinski definition) is 0. The van der Waals surface area contributed by atoms with Gasteiger partial charge in [0.2, 0.25) is 0 Å². The van der Waals surface area contributed by atoms with Gasteiger partial charge in [-0.2, -0.15) is 0 Å². The third-order valence-electron chi connectivity index (χ3n) is 3.72. The Bertz CT molecular complexity index is 402. The number of alkyl halides is 1. The molecule has 0 aromatic heterocycles. The van der Waals surface area contributed by atoms with Crippen LogP contribution in [0.15, 0.2) is 24.3 Å². The summed E-state index contributed by atoms with van der Waals surface area (Å²) in [5, 5.41) is 0. The first-order valence-corrected chi connectivity index (χ1v) is 9.01. The van der Waals surface area contributed by atoms with Gasteiger partial charge >= 0.3 is 0 Å². The molecule has 0 aliphatic rings. The number of rotatable bonds is 6. The Morgan fingerprint density at radius 1 is 1.05 bits per heavy atom. The van der Waals surface area contributed by atoms with E-state index in [2.05, 4.69) is 88.4 Å². The number of benzene rings is 1. The smallest absolute Gasteiger partial charge is 0.0992 e. The lowest BCUT2D eigenvalue weighted by molar-refractivity contribution is -0.0259. The van der Waals surface area contributed by atoms with Gasteiger partial charge < -0.3 is 4.74 Å². The summed E-state index contributed by atoms with van der Waals surface area (Å²) in [5.41, 5.74) is 2.82. The van der Waals surface area contributed by atoms with Gasteiger partial charge in [0.15, 0.2) is 0 Å². The van der Waals surface area contributed by atoms with Crippen LogP contribution < -0.4 is 0 Å². The van der Waals surface area contributed by atoms with Crippen LogP contribution in [-0.4, -0.2) is 11.0 Å². The fourth-order valence-electron chi connectivity index (χ4n) is 2.00. The molecule has 0 spiro atoms. The summed E-state index contributed by atoms with van der Waals surface area (Å²) >= 11 is 2.43. The zero-order valence-electron chi connectivity index (χ0n) is 13.8. The molecule has 1 unspecified atom stereocenters. The first-order chi connectivity index (χ1) is 9.18. The zero-order chi connectivity index (χ0) is 15.4. The lowest BCUT2D eigenvalue weighted by atomic mass is 9.92. The van der Waals surface area contributed by atoms with Crippen LogP contribution in [0.5, 0.6) is 0 Å². The van der Waals surface area contributed by atoms with E-state index < -0.39 is 0 Å². The number of halogens is 1. The van der Waals surface area contributed by atoms with Crippen LogP contribution in [0.4, 0.5) is 0 Å². The molecule has 20 heavy (non-hydrogen) atoms. The van der Waals surface area contributed by atoms with Crippen molar-refractivity contribution in [2.24, 2.45) is 5.41 Å². The molecular formula is C18H29IO. The highest BCUT2D eigenvalue weighted by molar-refractivity contribution is 14.1. The molecule has 0 aliphatic heterocycles. The maximum Gasteiger partial charge on any atom is 0.0992 e. The van der Waals surface area contributed by atoms with Crippen molar-refractivity contribution in [1.82, 2.24) is 0 Å². The summed E-state index contributed by atoms with van der Waals surface area (Å²) < 4.78 is 7.20. The molecule has 1 atom stereocenters. The van der Waals surface area contributed by atoms with Gasteiger partial charge in [-0.15, -0.1) is 0 Å². The van der Waals surface area contributed by atoms with Gasteiger partial charge in [-0.25, -0.2) is 0 Å². The van der Waals surface area contributed by atoms with Gasteiger partial charge in [0, 0.05) is 11.0 Å². The van der Waals surface area contributed by atoms with Crippen LogP contribution in [0.3, 0.4) is 0 Å². The van der Waals surface area contributed by atoms with Crippen molar-refractivity contribution >= 4 is 22.6 Å². The molecule has 0 bridgehead atoms. The number of hydrogen-bond acceptors (Lipinski definition) is 1. The highest BCUT2D eigenvalue weighted by atomic mass is 127. The van der Waals surface area contributed by atoms with E-state index in [1.165, 1.54) is 11.1 Å². The average molecular weight is 388 g/mol. The molecule has 0 aliphatic carbocycles. The number of ether oxygens (including phenoxy) is 1. The lowest BCUT2D eigenvalue weighted by Crippen LogP contribution is -2.29. The standard InChI is InChI=1S/C18H29IO/c1-14(2)15-7-9-16(10-8-15)18(6,13-19)20-12-11-17(3,4)5/h7-10,14H,11-13H2,1-6H3. The Kier molecular flexibility index (Phi) is 6.52. The van der Waals surface area contributed by atoms with Gasteiger partial charge in [-0.05, 0) is 35.8 Å². The Morgan fingerprint density at radius 2 is 1.60 bits per heavy atom. The summed E-state index contributed by atoms with van der Waals surface area (Å²) in [4.78, 5) is 0.